The number of nitrogens with zero attached hydrogens (tertiary/aromatic N) is 5. The van der Waals surface area contributed by atoms with E-state index in [-0.39, 0.29) is 34.4 Å². The molecule has 0 N–H and O–H groups in total. The van der Waals surface area contributed by atoms with Crippen molar-refractivity contribution in [2.24, 2.45) is 5.10 Å². The molecule has 38 heavy (non-hydrogen) atoms. The standard InChI is InChI=1S/C25H26BrN5O7/c1-15(2)24-28-19-5-4-17(26)12-18(19)25(33)30(24)27-13-16-10-20(31(34)35)23(21(11-16)36-3)38-14-22(32)29-6-8-37-9-7-29/h4-5,10-13,15H,6-9,14H2,1-3H3. The van der Waals surface area contributed by atoms with Gasteiger partial charge in [-0.25, -0.2) is 4.98 Å². The second-order valence-electron chi connectivity index (χ2n) is 8.76. The van der Waals surface area contributed by atoms with Crippen molar-refractivity contribution < 1.29 is 23.9 Å². The van der Waals surface area contributed by atoms with Crippen LogP contribution in [0.4, 0.5) is 5.69 Å². The van der Waals surface area contributed by atoms with Crippen LogP contribution in [0, 0.1) is 10.1 Å². The summed E-state index contributed by atoms with van der Waals surface area (Å²) in [5.41, 5.74) is 0.0482. The van der Waals surface area contributed by atoms with Crippen LogP contribution in [-0.2, 0) is 9.53 Å². The molecule has 0 aliphatic carbocycles. The third-order valence-corrected chi connectivity index (χ3v) is 6.34. The number of fused-ring (bicyclic) bond motifs is 1. The lowest BCUT2D eigenvalue weighted by Gasteiger charge is -2.26. The van der Waals surface area contributed by atoms with Gasteiger partial charge in [-0.3, -0.25) is 19.7 Å². The second kappa shape index (κ2) is 11.7. The molecule has 1 saturated heterocycles. The number of ether oxygens (including phenoxy) is 3. The molecule has 0 spiro atoms. The fraction of sp³-hybridized carbons (Fsp3) is 0.360. The quantitative estimate of drug-likeness (QED) is 0.222. The van der Waals surface area contributed by atoms with Gasteiger partial charge in [-0.2, -0.15) is 9.78 Å². The van der Waals surface area contributed by atoms with E-state index in [0.717, 1.165) is 4.47 Å². The maximum Gasteiger partial charge on any atom is 0.315 e. The number of morpholine rings is 1. The Kier molecular flexibility index (Phi) is 8.37. The molecule has 2 heterocycles. The molecule has 0 unspecified atom stereocenters. The molecular formula is C25H26BrN5O7. The van der Waals surface area contributed by atoms with Crippen LogP contribution in [0.5, 0.6) is 11.5 Å². The lowest BCUT2D eigenvalue weighted by Crippen LogP contribution is -2.43. The maximum absolute atomic E-state index is 13.3. The van der Waals surface area contributed by atoms with E-state index in [9.17, 15) is 19.7 Å². The Morgan fingerprint density at radius 3 is 2.68 bits per heavy atom. The summed E-state index contributed by atoms with van der Waals surface area (Å²) in [4.78, 5) is 43.2. The highest BCUT2D eigenvalue weighted by Gasteiger charge is 2.25. The minimum Gasteiger partial charge on any atom is -0.493 e. The Labute approximate surface area is 226 Å². The fourth-order valence-corrected chi connectivity index (χ4v) is 4.29. The van der Waals surface area contributed by atoms with Crippen LogP contribution < -0.4 is 15.0 Å². The fourth-order valence-electron chi connectivity index (χ4n) is 3.93. The Bertz CT molecular complexity index is 1460. The van der Waals surface area contributed by atoms with Crippen LogP contribution in [0.1, 0.15) is 31.2 Å². The van der Waals surface area contributed by atoms with Crippen molar-refractivity contribution in [3.63, 3.8) is 0 Å². The van der Waals surface area contributed by atoms with Crippen molar-refractivity contribution in [2.75, 3.05) is 40.0 Å². The number of amides is 1. The number of aromatic nitrogens is 2. The van der Waals surface area contributed by atoms with Gasteiger partial charge in [0, 0.05) is 35.1 Å². The summed E-state index contributed by atoms with van der Waals surface area (Å²) >= 11 is 3.37. The number of hydrogen-bond acceptors (Lipinski definition) is 9. The SMILES string of the molecule is COc1cc(C=Nn2c(C(C)C)nc3ccc(Br)cc3c2=O)cc([N+](=O)[O-])c1OCC(=O)N1CCOCC1. The first-order valence-electron chi connectivity index (χ1n) is 11.8. The van der Waals surface area contributed by atoms with Gasteiger partial charge in [0.2, 0.25) is 5.75 Å². The maximum atomic E-state index is 13.3. The topological polar surface area (TPSA) is 138 Å². The smallest absolute Gasteiger partial charge is 0.315 e. The summed E-state index contributed by atoms with van der Waals surface area (Å²) in [5, 5.41) is 16.6. The Morgan fingerprint density at radius 2 is 2.03 bits per heavy atom. The molecule has 13 heteroatoms. The Morgan fingerprint density at radius 1 is 1.29 bits per heavy atom. The number of nitro groups is 1. The number of halogens is 1. The van der Waals surface area contributed by atoms with Crippen LogP contribution in [0.2, 0.25) is 0 Å². The summed E-state index contributed by atoms with van der Waals surface area (Å²) in [5.74, 6) is -0.132. The summed E-state index contributed by atoms with van der Waals surface area (Å²) in [6.07, 6.45) is 1.32. The molecule has 0 saturated carbocycles. The second-order valence-corrected chi connectivity index (χ2v) is 9.67. The third kappa shape index (κ3) is 5.83. The van der Waals surface area contributed by atoms with E-state index in [1.165, 1.54) is 30.1 Å². The number of rotatable bonds is 8. The largest absolute Gasteiger partial charge is 0.493 e. The summed E-state index contributed by atoms with van der Waals surface area (Å²) < 4.78 is 18.1. The van der Waals surface area contributed by atoms with Gasteiger partial charge < -0.3 is 19.1 Å². The molecule has 200 valence electrons. The minimum atomic E-state index is -0.630. The highest BCUT2D eigenvalue weighted by Crippen LogP contribution is 2.38. The predicted molar refractivity (Wildman–Crippen MR) is 143 cm³/mol. The van der Waals surface area contributed by atoms with E-state index in [1.807, 2.05) is 13.8 Å². The van der Waals surface area contributed by atoms with Gasteiger partial charge in [-0.15, -0.1) is 0 Å². The number of nitro benzene ring substituents is 1. The van der Waals surface area contributed by atoms with Crippen LogP contribution in [0.25, 0.3) is 10.9 Å². The molecule has 1 aromatic heterocycles. The zero-order valence-electron chi connectivity index (χ0n) is 21.0. The first-order chi connectivity index (χ1) is 18.2. The summed E-state index contributed by atoms with van der Waals surface area (Å²) in [6, 6.07) is 7.94. The number of methoxy groups -OCH3 is 1. The molecule has 12 nitrogen and oxygen atoms in total. The molecule has 1 fully saturated rings. The van der Waals surface area contributed by atoms with Gasteiger partial charge in [0.15, 0.2) is 12.4 Å². The average Bonchev–Trinajstić information content (AvgIpc) is 2.91. The number of carbonyl (C=O) groups excluding carboxylic acids is 1. The number of benzene rings is 2. The van der Waals surface area contributed by atoms with Crippen molar-refractivity contribution >= 4 is 44.6 Å². The van der Waals surface area contributed by atoms with Crippen molar-refractivity contribution in [1.82, 2.24) is 14.6 Å². The molecular weight excluding hydrogens is 562 g/mol. The van der Waals surface area contributed by atoms with Crippen molar-refractivity contribution in [3.8, 4) is 11.5 Å². The summed E-state index contributed by atoms with van der Waals surface area (Å²) in [6.45, 7) is 5.08. The first kappa shape index (κ1) is 27.2. The zero-order valence-corrected chi connectivity index (χ0v) is 22.6. The van der Waals surface area contributed by atoms with Crippen LogP contribution >= 0.6 is 15.9 Å². The molecule has 0 bridgehead atoms. The monoisotopic (exact) mass is 587 g/mol. The van der Waals surface area contributed by atoms with Gasteiger partial charge in [-0.05, 0) is 24.3 Å². The van der Waals surface area contributed by atoms with E-state index < -0.39 is 17.2 Å². The molecule has 0 radical (unpaired) electrons. The van der Waals surface area contributed by atoms with Crippen molar-refractivity contribution in [1.29, 1.82) is 0 Å². The predicted octanol–water partition coefficient (Wildman–Crippen LogP) is 3.32. The highest BCUT2D eigenvalue weighted by molar-refractivity contribution is 9.10. The Balaban J connectivity index is 1.69. The molecule has 2 aromatic carbocycles. The van der Waals surface area contributed by atoms with Crippen LogP contribution in [0.15, 0.2) is 44.7 Å². The average molecular weight is 588 g/mol. The van der Waals surface area contributed by atoms with E-state index in [1.54, 1.807) is 23.1 Å². The molecule has 0 atom stereocenters. The number of carbonyl (C=O) groups is 1. The summed E-state index contributed by atoms with van der Waals surface area (Å²) in [7, 11) is 1.34. The van der Waals surface area contributed by atoms with Crippen molar-refractivity contribution in [2.45, 2.75) is 19.8 Å². The third-order valence-electron chi connectivity index (χ3n) is 5.85. The molecule has 1 aliphatic heterocycles. The molecule has 3 aromatic rings. The minimum absolute atomic E-state index is 0.0485. The van der Waals surface area contributed by atoms with E-state index in [0.29, 0.717) is 43.0 Å². The first-order valence-corrected chi connectivity index (χ1v) is 12.6. The van der Waals surface area contributed by atoms with Gasteiger partial charge in [0.1, 0.15) is 5.82 Å². The van der Waals surface area contributed by atoms with Gasteiger partial charge >= 0.3 is 5.69 Å². The van der Waals surface area contributed by atoms with Crippen LogP contribution in [-0.4, -0.2) is 71.6 Å². The van der Waals surface area contributed by atoms with E-state index in [2.05, 4.69) is 26.0 Å². The normalized spacial score (nSPS) is 13.9. The highest BCUT2D eigenvalue weighted by atomic mass is 79.9. The number of hydrogen-bond donors (Lipinski definition) is 0. The van der Waals surface area contributed by atoms with Crippen molar-refractivity contribution in [3.05, 3.63) is 66.7 Å². The van der Waals surface area contributed by atoms with Gasteiger partial charge in [-0.1, -0.05) is 29.8 Å². The molecule has 1 aliphatic rings. The Hall–Kier alpha value is -3.84. The van der Waals surface area contributed by atoms with E-state index >= 15 is 0 Å². The lowest BCUT2D eigenvalue weighted by atomic mass is 10.1. The lowest BCUT2D eigenvalue weighted by molar-refractivity contribution is -0.385. The zero-order chi connectivity index (χ0) is 27.4. The molecule has 1 amide bonds. The van der Waals surface area contributed by atoms with Crippen LogP contribution in [0.3, 0.4) is 0 Å². The van der Waals surface area contributed by atoms with E-state index in [4.69, 9.17) is 14.2 Å². The molecule has 4 rings (SSSR count). The van der Waals surface area contributed by atoms with Gasteiger partial charge in [0.05, 0.1) is 42.4 Å². The van der Waals surface area contributed by atoms with Gasteiger partial charge in [0.25, 0.3) is 11.5 Å².